The van der Waals surface area contributed by atoms with E-state index in [-0.39, 0.29) is 23.5 Å². The lowest BCUT2D eigenvalue weighted by Crippen LogP contribution is -2.40. The molecular formula is C22H22ClNO3S2. The molecule has 0 N–H and O–H groups in total. The number of amides is 1. The van der Waals surface area contributed by atoms with E-state index in [0.29, 0.717) is 22.9 Å². The van der Waals surface area contributed by atoms with Crippen molar-refractivity contribution in [3.63, 3.8) is 0 Å². The van der Waals surface area contributed by atoms with E-state index in [2.05, 4.69) is 19.1 Å². The van der Waals surface area contributed by atoms with Crippen molar-refractivity contribution < 1.29 is 13.2 Å². The van der Waals surface area contributed by atoms with Crippen LogP contribution in [0.5, 0.6) is 0 Å². The van der Waals surface area contributed by atoms with Crippen molar-refractivity contribution in [1.29, 1.82) is 0 Å². The predicted molar refractivity (Wildman–Crippen MR) is 120 cm³/mol. The first-order chi connectivity index (χ1) is 13.9. The molecule has 0 spiro atoms. The van der Waals surface area contributed by atoms with E-state index in [1.165, 1.54) is 16.9 Å². The minimum Gasteiger partial charge on any atom is -0.330 e. The summed E-state index contributed by atoms with van der Waals surface area (Å²) in [6.45, 7) is 2.46. The van der Waals surface area contributed by atoms with E-state index in [9.17, 15) is 13.2 Å². The van der Waals surface area contributed by atoms with Crippen molar-refractivity contribution >= 4 is 48.8 Å². The highest BCUT2D eigenvalue weighted by Crippen LogP contribution is 2.37. The number of sulfone groups is 1. The number of carbonyl (C=O) groups is 1. The molecule has 1 fully saturated rings. The summed E-state index contributed by atoms with van der Waals surface area (Å²) in [4.78, 5) is 15.7. The minimum atomic E-state index is -3.12. The zero-order chi connectivity index (χ0) is 20.6. The van der Waals surface area contributed by atoms with Crippen LogP contribution in [0.3, 0.4) is 0 Å². The molecule has 152 valence electrons. The van der Waals surface area contributed by atoms with Gasteiger partial charge in [0, 0.05) is 22.7 Å². The van der Waals surface area contributed by atoms with Gasteiger partial charge in [0.15, 0.2) is 9.84 Å². The zero-order valence-electron chi connectivity index (χ0n) is 16.1. The van der Waals surface area contributed by atoms with Crippen molar-refractivity contribution in [2.24, 2.45) is 0 Å². The molecular weight excluding hydrogens is 426 g/mol. The average Bonchev–Trinajstić information content (AvgIpc) is 3.25. The van der Waals surface area contributed by atoms with Crippen LogP contribution < -0.4 is 0 Å². The number of hydrogen-bond acceptors (Lipinski definition) is 4. The maximum Gasteiger partial charge on any atom is 0.266 e. The first kappa shape index (κ1) is 20.4. The van der Waals surface area contributed by atoms with Gasteiger partial charge >= 0.3 is 0 Å². The third kappa shape index (κ3) is 4.20. The van der Waals surface area contributed by atoms with E-state index in [4.69, 9.17) is 11.6 Å². The Morgan fingerprint density at radius 1 is 1.14 bits per heavy atom. The molecule has 3 aromatic rings. The molecule has 1 atom stereocenters. The van der Waals surface area contributed by atoms with Crippen LogP contribution in [0.1, 0.15) is 34.1 Å². The first-order valence-electron chi connectivity index (χ1n) is 9.64. The normalized spacial score (nSPS) is 18.2. The largest absolute Gasteiger partial charge is 0.330 e. The Kier molecular flexibility index (Phi) is 5.69. The van der Waals surface area contributed by atoms with Crippen LogP contribution >= 0.6 is 22.9 Å². The van der Waals surface area contributed by atoms with Crippen molar-refractivity contribution in [3.8, 4) is 0 Å². The Labute approximate surface area is 180 Å². The van der Waals surface area contributed by atoms with Gasteiger partial charge in [-0.1, -0.05) is 61.0 Å². The number of fused-ring (bicyclic) bond motifs is 1. The van der Waals surface area contributed by atoms with Crippen LogP contribution in [0.15, 0.2) is 48.5 Å². The van der Waals surface area contributed by atoms with E-state index in [1.54, 1.807) is 4.90 Å². The minimum absolute atomic E-state index is 0.00823. The number of nitrogens with zero attached hydrogens (tertiary/aromatic N) is 1. The molecule has 1 saturated heterocycles. The van der Waals surface area contributed by atoms with Crippen LogP contribution in [0.25, 0.3) is 10.1 Å². The summed E-state index contributed by atoms with van der Waals surface area (Å²) in [5.41, 5.74) is 2.21. The highest BCUT2D eigenvalue weighted by molar-refractivity contribution is 7.91. The Hall–Kier alpha value is -1.89. The molecule has 4 nitrogen and oxygen atoms in total. The van der Waals surface area contributed by atoms with Gasteiger partial charge in [0.25, 0.3) is 5.91 Å². The van der Waals surface area contributed by atoms with Gasteiger partial charge < -0.3 is 4.90 Å². The molecule has 0 saturated carbocycles. The molecule has 0 radical (unpaired) electrons. The number of halogens is 1. The smallest absolute Gasteiger partial charge is 0.266 e. The van der Waals surface area contributed by atoms with Crippen molar-refractivity contribution in [3.05, 3.63) is 69.6 Å². The molecule has 1 aliphatic rings. The summed E-state index contributed by atoms with van der Waals surface area (Å²) in [5.74, 6) is -0.0668. The van der Waals surface area contributed by atoms with Crippen LogP contribution in [0, 0.1) is 0 Å². The molecule has 4 rings (SSSR count). The van der Waals surface area contributed by atoms with E-state index < -0.39 is 9.84 Å². The molecule has 2 aromatic carbocycles. The SMILES string of the molecule is CCc1ccc(CN(C(=O)c2sc3ccccc3c2Cl)[C@@H]2CCS(=O)(=O)C2)cc1. The van der Waals surface area contributed by atoms with Gasteiger partial charge in [0.2, 0.25) is 0 Å². The maximum atomic E-state index is 13.5. The number of benzene rings is 2. The molecule has 2 heterocycles. The van der Waals surface area contributed by atoms with E-state index in [0.717, 1.165) is 22.1 Å². The van der Waals surface area contributed by atoms with Gasteiger partial charge in [-0.25, -0.2) is 8.42 Å². The van der Waals surface area contributed by atoms with Gasteiger partial charge in [-0.3, -0.25) is 4.79 Å². The number of carbonyl (C=O) groups excluding carboxylic acids is 1. The van der Waals surface area contributed by atoms with Crippen LogP contribution in [0.4, 0.5) is 0 Å². The van der Waals surface area contributed by atoms with Crippen molar-refractivity contribution in [2.75, 3.05) is 11.5 Å². The lowest BCUT2D eigenvalue weighted by Gasteiger charge is -2.28. The Bertz CT molecular complexity index is 1150. The molecule has 7 heteroatoms. The second-order valence-electron chi connectivity index (χ2n) is 7.40. The van der Waals surface area contributed by atoms with Gasteiger partial charge in [0.1, 0.15) is 4.88 Å². The second kappa shape index (κ2) is 8.09. The lowest BCUT2D eigenvalue weighted by molar-refractivity contribution is 0.0686. The topological polar surface area (TPSA) is 54.5 Å². The number of aryl methyl sites for hydroxylation is 1. The van der Waals surface area contributed by atoms with Crippen molar-refractivity contribution in [2.45, 2.75) is 32.4 Å². The van der Waals surface area contributed by atoms with Crippen LogP contribution in [-0.4, -0.2) is 36.8 Å². The molecule has 1 aliphatic heterocycles. The summed E-state index contributed by atoms with van der Waals surface area (Å²) >= 11 is 7.91. The molecule has 29 heavy (non-hydrogen) atoms. The Morgan fingerprint density at radius 3 is 2.45 bits per heavy atom. The molecule has 0 unspecified atom stereocenters. The van der Waals surface area contributed by atoms with Gasteiger partial charge in [0.05, 0.1) is 16.5 Å². The fourth-order valence-electron chi connectivity index (χ4n) is 3.75. The summed E-state index contributed by atoms with van der Waals surface area (Å²) in [6, 6.07) is 15.4. The standard InChI is InChI=1S/C22H22ClNO3S2/c1-2-15-7-9-16(10-8-15)13-24(17-11-12-29(26,27)14-17)22(25)21-20(23)18-5-3-4-6-19(18)28-21/h3-10,17H,2,11-14H2,1H3/t17-/m1/s1. The summed E-state index contributed by atoms with van der Waals surface area (Å²) in [7, 11) is -3.12. The molecule has 0 bridgehead atoms. The monoisotopic (exact) mass is 447 g/mol. The van der Waals surface area contributed by atoms with Crippen LogP contribution in [-0.2, 0) is 22.8 Å². The summed E-state index contributed by atoms with van der Waals surface area (Å²) < 4.78 is 25.1. The first-order valence-corrected chi connectivity index (χ1v) is 12.7. The summed E-state index contributed by atoms with van der Waals surface area (Å²) in [5, 5.41) is 1.30. The molecule has 0 aliphatic carbocycles. The Morgan fingerprint density at radius 2 is 1.83 bits per heavy atom. The predicted octanol–water partition coefficient (Wildman–Crippen LogP) is 4.95. The maximum absolute atomic E-state index is 13.5. The molecule has 1 aromatic heterocycles. The van der Waals surface area contributed by atoms with Gasteiger partial charge in [-0.05, 0) is 30.0 Å². The summed E-state index contributed by atoms with van der Waals surface area (Å²) in [6.07, 6.45) is 1.41. The highest BCUT2D eigenvalue weighted by Gasteiger charge is 2.36. The third-order valence-corrected chi connectivity index (χ3v) is 8.84. The lowest BCUT2D eigenvalue weighted by atomic mass is 10.1. The van der Waals surface area contributed by atoms with Gasteiger partial charge in [-0.2, -0.15) is 0 Å². The fourth-order valence-corrected chi connectivity index (χ4v) is 6.95. The number of thiophene rings is 1. The Balaban J connectivity index is 1.70. The van der Waals surface area contributed by atoms with E-state index in [1.807, 2.05) is 36.4 Å². The fraction of sp³-hybridized carbons (Fsp3) is 0.318. The van der Waals surface area contributed by atoms with E-state index >= 15 is 0 Å². The van der Waals surface area contributed by atoms with Crippen molar-refractivity contribution in [1.82, 2.24) is 4.90 Å². The van der Waals surface area contributed by atoms with Gasteiger partial charge in [-0.15, -0.1) is 11.3 Å². The zero-order valence-corrected chi connectivity index (χ0v) is 18.5. The second-order valence-corrected chi connectivity index (χ2v) is 11.1. The van der Waals surface area contributed by atoms with Crippen LogP contribution in [0.2, 0.25) is 5.02 Å². The number of hydrogen-bond donors (Lipinski definition) is 0. The molecule has 1 amide bonds. The quantitative estimate of drug-likeness (QED) is 0.556. The number of rotatable bonds is 5. The highest BCUT2D eigenvalue weighted by atomic mass is 35.5. The average molecular weight is 448 g/mol. The third-order valence-electron chi connectivity index (χ3n) is 5.42.